The molecular weight excluding hydrogens is 318 g/mol. The first-order valence-corrected chi connectivity index (χ1v) is 9.55. The van der Waals surface area contributed by atoms with Crippen LogP contribution < -0.4 is 10.6 Å². The molecule has 0 saturated heterocycles. The first-order valence-electron chi connectivity index (χ1n) is 8.57. The molecule has 0 saturated carbocycles. The van der Waals surface area contributed by atoms with Gasteiger partial charge in [0.15, 0.2) is 11.0 Å². The fourth-order valence-electron chi connectivity index (χ4n) is 2.38. The van der Waals surface area contributed by atoms with Gasteiger partial charge in [-0.25, -0.2) is 4.98 Å². The van der Waals surface area contributed by atoms with Crippen LogP contribution in [0.15, 0.2) is 29.4 Å². The van der Waals surface area contributed by atoms with Gasteiger partial charge in [-0.05, 0) is 32.4 Å². The number of nitrogen functional groups attached to an aromatic ring is 1. The maximum atomic E-state index is 5.87. The lowest BCUT2D eigenvalue weighted by molar-refractivity contribution is 0.742. The summed E-state index contributed by atoms with van der Waals surface area (Å²) in [7, 11) is 0. The average molecular weight is 346 g/mol. The zero-order chi connectivity index (χ0) is 17.4. The van der Waals surface area contributed by atoms with Gasteiger partial charge in [-0.2, -0.15) is 9.97 Å². The van der Waals surface area contributed by atoms with Gasteiger partial charge in [-0.15, -0.1) is 0 Å². The Balaban J connectivity index is 2.06. The van der Waals surface area contributed by atoms with E-state index in [1.165, 1.54) is 30.5 Å². The lowest BCUT2D eigenvalue weighted by Gasteiger charge is -2.22. The van der Waals surface area contributed by atoms with Gasteiger partial charge in [-0.3, -0.25) is 0 Å². The van der Waals surface area contributed by atoms with Crippen LogP contribution in [0.2, 0.25) is 0 Å². The topological polar surface area (TPSA) is 67.9 Å². The third-order valence-electron chi connectivity index (χ3n) is 3.77. The van der Waals surface area contributed by atoms with Crippen molar-refractivity contribution in [1.82, 2.24) is 15.0 Å². The van der Waals surface area contributed by atoms with Crippen LogP contribution in [0.4, 0.5) is 11.6 Å². The zero-order valence-corrected chi connectivity index (χ0v) is 15.6. The summed E-state index contributed by atoms with van der Waals surface area (Å²) in [6, 6.07) is 8.50. The third-order valence-corrected chi connectivity index (χ3v) is 4.70. The number of nitrogens with two attached hydrogens (primary N) is 1. The van der Waals surface area contributed by atoms with Gasteiger partial charge in [0.2, 0.25) is 5.95 Å². The Morgan fingerprint density at radius 2 is 1.79 bits per heavy atom. The molecule has 5 nitrogen and oxygen atoms in total. The Labute approximate surface area is 149 Å². The van der Waals surface area contributed by atoms with Crippen molar-refractivity contribution in [3.63, 3.8) is 0 Å². The molecule has 130 valence electrons. The van der Waals surface area contributed by atoms with Crippen molar-refractivity contribution >= 4 is 23.4 Å². The molecule has 0 unspecified atom stereocenters. The van der Waals surface area contributed by atoms with Crippen LogP contribution in [-0.2, 0) is 6.54 Å². The maximum absolute atomic E-state index is 5.87. The number of rotatable bonds is 9. The van der Waals surface area contributed by atoms with Crippen LogP contribution in [0.1, 0.15) is 44.5 Å². The van der Waals surface area contributed by atoms with E-state index in [9.17, 15) is 0 Å². The van der Waals surface area contributed by atoms with Gasteiger partial charge in [-0.1, -0.05) is 49.2 Å². The Kier molecular flexibility index (Phi) is 7.31. The highest BCUT2D eigenvalue weighted by atomic mass is 32.2. The normalized spacial score (nSPS) is 10.8. The summed E-state index contributed by atoms with van der Waals surface area (Å²) in [4.78, 5) is 15.4. The van der Waals surface area contributed by atoms with Gasteiger partial charge in [0.25, 0.3) is 0 Å². The Hall–Kier alpha value is -1.82. The molecule has 1 heterocycles. The van der Waals surface area contributed by atoms with Crippen molar-refractivity contribution < 1.29 is 0 Å². The number of thioether (sulfide) groups is 1. The molecule has 6 heteroatoms. The number of hydrogen-bond acceptors (Lipinski definition) is 6. The van der Waals surface area contributed by atoms with Crippen molar-refractivity contribution in [2.75, 3.05) is 22.9 Å². The predicted octanol–water partition coefficient (Wildman–Crippen LogP) is 4.07. The monoisotopic (exact) mass is 345 g/mol. The second kappa shape index (κ2) is 9.47. The summed E-state index contributed by atoms with van der Waals surface area (Å²) >= 11 is 1.66. The molecule has 2 aromatic rings. The second-order valence-electron chi connectivity index (χ2n) is 5.80. The standard InChI is InChI=1S/C18H27N5S/c1-4-6-7-12-24-18-21-16(20-17(19)22-18)13-23(5-2)15-10-8-14(3)9-11-15/h8-11H,4-7,12-13H2,1-3H3,(H2,19,20,21,22). The average Bonchev–Trinajstić information content (AvgIpc) is 2.57. The minimum absolute atomic E-state index is 0.304. The predicted molar refractivity (Wildman–Crippen MR) is 102 cm³/mol. The van der Waals surface area contributed by atoms with Gasteiger partial charge < -0.3 is 10.6 Å². The quantitative estimate of drug-likeness (QED) is 0.546. The lowest BCUT2D eigenvalue weighted by atomic mass is 10.2. The fraction of sp³-hybridized carbons (Fsp3) is 0.500. The van der Waals surface area contributed by atoms with Crippen molar-refractivity contribution in [3.05, 3.63) is 35.7 Å². The molecule has 0 fully saturated rings. The molecule has 0 spiro atoms. The minimum atomic E-state index is 0.304. The number of benzene rings is 1. The molecule has 0 bridgehead atoms. The molecule has 1 aromatic heterocycles. The van der Waals surface area contributed by atoms with Crippen LogP contribution in [0.5, 0.6) is 0 Å². The number of aromatic nitrogens is 3. The van der Waals surface area contributed by atoms with E-state index in [4.69, 9.17) is 5.73 Å². The number of unbranched alkanes of at least 4 members (excludes halogenated alkanes) is 2. The summed E-state index contributed by atoms with van der Waals surface area (Å²) in [6.45, 7) is 7.94. The van der Waals surface area contributed by atoms with Crippen molar-refractivity contribution in [2.45, 2.75) is 51.7 Å². The highest BCUT2D eigenvalue weighted by Crippen LogP contribution is 2.19. The summed E-state index contributed by atoms with van der Waals surface area (Å²) in [5.74, 6) is 2.05. The van der Waals surface area contributed by atoms with Crippen LogP contribution in [0.25, 0.3) is 0 Å². The van der Waals surface area contributed by atoms with Crippen LogP contribution >= 0.6 is 11.8 Å². The molecule has 0 amide bonds. The Morgan fingerprint density at radius 1 is 1.04 bits per heavy atom. The van der Waals surface area contributed by atoms with Crippen molar-refractivity contribution in [2.24, 2.45) is 0 Å². The molecule has 2 rings (SSSR count). The van der Waals surface area contributed by atoms with E-state index in [0.717, 1.165) is 23.3 Å². The van der Waals surface area contributed by atoms with E-state index < -0.39 is 0 Å². The third kappa shape index (κ3) is 5.67. The summed E-state index contributed by atoms with van der Waals surface area (Å²) in [5.41, 5.74) is 8.29. The molecule has 0 aliphatic rings. The maximum Gasteiger partial charge on any atom is 0.224 e. The summed E-state index contributed by atoms with van der Waals surface area (Å²) in [5, 5.41) is 0.730. The van der Waals surface area contributed by atoms with Crippen LogP contribution in [-0.4, -0.2) is 27.2 Å². The van der Waals surface area contributed by atoms with E-state index in [1.807, 2.05) is 0 Å². The van der Waals surface area contributed by atoms with Crippen LogP contribution in [0.3, 0.4) is 0 Å². The van der Waals surface area contributed by atoms with Gasteiger partial charge in [0.05, 0.1) is 6.54 Å². The van der Waals surface area contributed by atoms with Crippen molar-refractivity contribution in [1.29, 1.82) is 0 Å². The van der Waals surface area contributed by atoms with E-state index in [1.54, 1.807) is 11.8 Å². The largest absolute Gasteiger partial charge is 0.368 e. The fourth-order valence-corrected chi connectivity index (χ4v) is 3.24. The SMILES string of the molecule is CCCCCSc1nc(N)nc(CN(CC)c2ccc(C)cc2)n1. The first-order chi connectivity index (χ1) is 11.6. The molecule has 0 atom stereocenters. The van der Waals surface area contributed by atoms with Crippen molar-refractivity contribution in [3.8, 4) is 0 Å². The molecule has 1 aromatic carbocycles. The summed E-state index contributed by atoms with van der Waals surface area (Å²) < 4.78 is 0. The zero-order valence-electron chi connectivity index (χ0n) is 14.8. The molecule has 24 heavy (non-hydrogen) atoms. The van der Waals surface area contributed by atoms with E-state index in [-0.39, 0.29) is 0 Å². The summed E-state index contributed by atoms with van der Waals surface area (Å²) in [6.07, 6.45) is 3.62. The molecule has 0 radical (unpaired) electrons. The second-order valence-corrected chi connectivity index (χ2v) is 6.86. The number of nitrogens with zero attached hydrogens (tertiary/aromatic N) is 4. The van der Waals surface area contributed by atoms with E-state index in [0.29, 0.717) is 12.5 Å². The van der Waals surface area contributed by atoms with E-state index in [2.05, 4.69) is 64.9 Å². The first kappa shape index (κ1) is 18.5. The van der Waals surface area contributed by atoms with Gasteiger partial charge >= 0.3 is 0 Å². The lowest BCUT2D eigenvalue weighted by Crippen LogP contribution is -2.24. The Bertz CT molecular complexity index is 630. The smallest absolute Gasteiger partial charge is 0.224 e. The molecule has 0 aliphatic carbocycles. The minimum Gasteiger partial charge on any atom is -0.368 e. The number of anilines is 2. The van der Waals surface area contributed by atoms with E-state index >= 15 is 0 Å². The Morgan fingerprint density at radius 3 is 2.46 bits per heavy atom. The highest BCUT2D eigenvalue weighted by molar-refractivity contribution is 7.99. The number of hydrogen-bond donors (Lipinski definition) is 1. The van der Waals surface area contributed by atoms with Gasteiger partial charge in [0.1, 0.15) is 0 Å². The molecule has 0 aliphatic heterocycles. The van der Waals surface area contributed by atoms with Gasteiger partial charge in [0, 0.05) is 18.0 Å². The molecular formula is C18H27N5S. The molecule has 2 N–H and O–H groups in total. The highest BCUT2D eigenvalue weighted by Gasteiger charge is 2.10. The number of aryl methyl sites for hydroxylation is 1. The van der Waals surface area contributed by atoms with Crippen LogP contribution in [0, 0.1) is 6.92 Å².